The summed E-state index contributed by atoms with van der Waals surface area (Å²) in [6.07, 6.45) is 0. The van der Waals surface area contributed by atoms with Crippen LogP contribution in [0.4, 0.5) is 0 Å². The lowest BCUT2D eigenvalue weighted by atomic mass is 10.2. The molecule has 15 heavy (non-hydrogen) atoms. The first-order chi connectivity index (χ1) is 7.18. The normalized spacial score (nSPS) is 10.3. The van der Waals surface area contributed by atoms with Gasteiger partial charge in [-0.25, -0.2) is 9.97 Å². The minimum absolute atomic E-state index is 0.378. The molecule has 76 valence electrons. The average molecular weight is 239 g/mol. The second-order valence-electron chi connectivity index (χ2n) is 3.11. The zero-order valence-electron chi connectivity index (χ0n) is 8.04. The van der Waals surface area contributed by atoms with Crippen molar-refractivity contribution in [3.8, 4) is 11.3 Å². The smallest absolute Gasteiger partial charge is 0.155 e. The topological polar surface area (TPSA) is 25.8 Å². The molecule has 0 fully saturated rings. The van der Waals surface area contributed by atoms with E-state index in [0.717, 1.165) is 5.56 Å². The molecular weight excluding hydrogens is 231 g/mol. The van der Waals surface area contributed by atoms with E-state index in [-0.39, 0.29) is 0 Å². The summed E-state index contributed by atoms with van der Waals surface area (Å²) in [6.45, 7) is 1.77. The van der Waals surface area contributed by atoms with Gasteiger partial charge in [-0.05, 0) is 6.92 Å². The maximum atomic E-state index is 6.00. The number of aromatic nitrogens is 2. The maximum Gasteiger partial charge on any atom is 0.155 e. The molecule has 1 aromatic carbocycles. The highest BCUT2D eigenvalue weighted by molar-refractivity contribution is 6.33. The molecule has 0 unspecified atom stereocenters. The Kier molecular flexibility index (Phi) is 2.89. The van der Waals surface area contributed by atoms with E-state index < -0.39 is 0 Å². The van der Waals surface area contributed by atoms with Crippen LogP contribution in [0.25, 0.3) is 11.3 Å². The third-order valence-electron chi connectivity index (χ3n) is 2.02. The molecule has 2 nitrogen and oxygen atoms in total. The van der Waals surface area contributed by atoms with E-state index in [4.69, 9.17) is 23.2 Å². The first-order valence-corrected chi connectivity index (χ1v) is 5.19. The van der Waals surface area contributed by atoms with Gasteiger partial charge < -0.3 is 0 Å². The van der Waals surface area contributed by atoms with Crippen molar-refractivity contribution in [2.75, 3.05) is 0 Å². The van der Waals surface area contributed by atoms with Gasteiger partial charge in [-0.15, -0.1) is 0 Å². The lowest BCUT2D eigenvalue weighted by Gasteiger charge is -2.04. The SMILES string of the molecule is Cc1nc(Cl)c(-c2ccccc2)nc1Cl. The number of hydrogen-bond donors (Lipinski definition) is 0. The highest BCUT2D eigenvalue weighted by Crippen LogP contribution is 2.26. The molecule has 0 N–H and O–H groups in total. The molecule has 0 atom stereocenters. The van der Waals surface area contributed by atoms with Crippen LogP contribution in [0.2, 0.25) is 10.3 Å². The van der Waals surface area contributed by atoms with Crippen molar-refractivity contribution in [1.29, 1.82) is 0 Å². The van der Waals surface area contributed by atoms with Crippen LogP contribution in [0, 0.1) is 6.92 Å². The van der Waals surface area contributed by atoms with E-state index in [1.807, 2.05) is 30.3 Å². The molecule has 0 bridgehead atoms. The fraction of sp³-hybridized carbons (Fsp3) is 0.0909. The summed E-state index contributed by atoms with van der Waals surface area (Å²) >= 11 is 11.9. The molecule has 0 saturated carbocycles. The van der Waals surface area contributed by atoms with Gasteiger partial charge >= 0.3 is 0 Å². The third-order valence-corrected chi connectivity index (χ3v) is 2.64. The summed E-state index contributed by atoms with van der Waals surface area (Å²) in [5.74, 6) is 0. The number of hydrogen-bond acceptors (Lipinski definition) is 2. The van der Waals surface area contributed by atoms with E-state index >= 15 is 0 Å². The Morgan fingerprint density at radius 3 is 2.27 bits per heavy atom. The fourth-order valence-electron chi connectivity index (χ4n) is 1.25. The summed E-state index contributed by atoms with van der Waals surface area (Å²) in [7, 11) is 0. The fourth-order valence-corrected chi connectivity index (χ4v) is 1.66. The summed E-state index contributed by atoms with van der Waals surface area (Å²) in [5.41, 5.74) is 2.17. The number of aryl methyl sites for hydroxylation is 1. The second-order valence-corrected chi connectivity index (χ2v) is 3.82. The summed E-state index contributed by atoms with van der Waals surface area (Å²) in [6, 6.07) is 9.60. The average Bonchev–Trinajstić information content (AvgIpc) is 2.25. The van der Waals surface area contributed by atoms with Crippen molar-refractivity contribution in [2.45, 2.75) is 6.92 Å². The first kappa shape index (κ1) is 10.4. The Bertz CT molecular complexity index is 483. The van der Waals surface area contributed by atoms with Gasteiger partial charge in [-0.1, -0.05) is 53.5 Å². The molecule has 0 amide bonds. The van der Waals surface area contributed by atoms with Gasteiger partial charge in [0.15, 0.2) is 10.3 Å². The molecule has 1 heterocycles. The summed E-state index contributed by atoms with van der Waals surface area (Å²) in [5, 5.41) is 0.765. The number of halogens is 2. The predicted octanol–water partition coefficient (Wildman–Crippen LogP) is 3.76. The van der Waals surface area contributed by atoms with Crippen LogP contribution in [0.15, 0.2) is 30.3 Å². The van der Waals surface area contributed by atoms with Crippen molar-refractivity contribution < 1.29 is 0 Å². The summed E-state index contributed by atoms with van der Waals surface area (Å²) in [4.78, 5) is 8.33. The Morgan fingerprint density at radius 1 is 0.933 bits per heavy atom. The molecule has 4 heteroatoms. The van der Waals surface area contributed by atoms with Gasteiger partial charge in [-0.2, -0.15) is 0 Å². The Labute approximate surface area is 97.9 Å². The van der Waals surface area contributed by atoms with Crippen LogP contribution in [-0.4, -0.2) is 9.97 Å². The van der Waals surface area contributed by atoms with Gasteiger partial charge in [0.1, 0.15) is 5.69 Å². The molecule has 0 aliphatic rings. The van der Waals surface area contributed by atoms with Crippen LogP contribution >= 0.6 is 23.2 Å². The Hall–Kier alpha value is -1.12. The standard InChI is InChI=1S/C11H8Cl2N2/c1-7-10(12)15-9(11(13)14-7)8-5-3-2-4-6-8/h2-6H,1H3. The van der Waals surface area contributed by atoms with Crippen molar-refractivity contribution in [1.82, 2.24) is 9.97 Å². The molecule has 0 aliphatic carbocycles. The van der Waals surface area contributed by atoms with E-state index in [9.17, 15) is 0 Å². The molecular formula is C11H8Cl2N2. The number of rotatable bonds is 1. The Balaban J connectivity index is 2.59. The van der Waals surface area contributed by atoms with E-state index in [1.54, 1.807) is 6.92 Å². The van der Waals surface area contributed by atoms with Crippen LogP contribution in [0.3, 0.4) is 0 Å². The van der Waals surface area contributed by atoms with Crippen LogP contribution in [-0.2, 0) is 0 Å². The molecule has 0 aliphatic heterocycles. The number of nitrogens with zero attached hydrogens (tertiary/aromatic N) is 2. The largest absolute Gasteiger partial charge is 0.236 e. The zero-order chi connectivity index (χ0) is 10.8. The highest BCUT2D eigenvalue weighted by Gasteiger charge is 2.09. The minimum Gasteiger partial charge on any atom is -0.236 e. The monoisotopic (exact) mass is 238 g/mol. The minimum atomic E-state index is 0.378. The van der Waals surface area contributed by atoms with Crippen molar-refractivity contribution >= 4 is 23.2 Å². The highest BCUT2D eigenvalue weighted by atomic mass is 35.5. The molecule has 2 aromatic rings. The maximum absolute atomic E-state index is 6.00. The van der Waals surface area contributed by atoms with E-state index in [2.05, 4.69) is 9.97 Å². The van der Waals surface area contributed by atoms with Crippen molar-refractivity contribution in [3.05, 3.63) is 46.3 Å². The van der Waals surface area contributed by atoms with Crippen LogP contribution in [0.5, 0.6) is 0 Å². The molecule has 0 spiro atoms. The number of benzene rings is 1. The van der Waals surface area contributed by atoms with Gasteiger partial charge in [-0.3, -0.25) is 0 Å². The third kappa shape index (κ3) is 2.11. The molecule has 2 rings (SSSR count). The molecule has 0 saturated heterocycles. The van der Waals surface area contributed by atoms with Gasteiger partial charge in [0.2, 0.25) is 0 Å². The molecule has 1 aromatic heterocycles. The van der Waals surface area contributed by atoms with Gasteiger partial charge in [0.25, 0.3) is 0 Å². The zero-order valence-corrected chi connectivity index (χ0v) is 9.55. The predicted molar refractivity (Wildman–Crippen MR) is 62.2 cm³/mol. The lowest BCUT2D eigenvalue weighted by Crippen LogP contribution is -1.93. The summed E-state index contributed by atoms with van der Waals surface area (Å²) < 4.78 is 0. The van der Waals surface area contributed by atoms with E-state index in [1.165, 1.54) is 0 Å². The van der Waals surface area contributed by atoms with Crippen LogP contribution in [0.1, 0.15) is 5.69 Å². The first-order valence-electron chi connectivity index (χ1n) is 4.43. The van der Waals surface area contributed by atoms with Crippen molar-refractivity contribution in [3.63, 3.8) is 0 Å². The van der Waals surface area contributed by atoms with Crippen molar-refractivity contribution in [2.24, 2.45) is 0 Å². The quantitative estimate of drug-likeness (QED) is 0.757. The van der Waals surface area contributed by atoms with Gasteiger partial charge in [0, 0.05) is 5.56 Å². The van der Waals surface area contributed by atoms with E-state index in [0.29, 0.717) is 21.7 Å². The van der Waals surface area contributed by atoms with Crippen LogP contribution < -0.4 is 0 Å². The second kappa shape index (κ2) is 4.17. The Morgan fingerprint density at radius 2 is 1.60 bits per heavy atom. The van der Waals surface area contributed by atoms with Gasteiger partial charge in [0.05, 0.1) is 5.69 Å². The molecule has 0 radical (unpaired) electrons. The lowest BCUT2D eigenvalue weighted by molar-refractivity contribution is 1.12.